The molecule has 0 aromatic rings. The van der Waals surface area contributed by atoms with Crippen molar-refractivity contribution >= 4 is 0 Å². The number of likely N-dealkylation sites (tertiary alicyclic amines) is 1. The topological polar surface area (TPSA) is 23.5 Å². The van der Waals surface area contributed by atoms with Gasteiger partial charge in [0.25, 0.3) is 0 Å². The minimum Gasteiger partial charge on any atom is -0.396 e. The molecule has 1 aliphatic heterocycles. The Bertz CT molecular complexity index is 201. The van der Waals surface area contributed by atoms with Crippen LogP contribution in [0, 0.1) is 11.3 Å². The standard InChI is InChI=1S/C13H25NO/c1-13(11-15)7-4-8-14(10-13)9-12-5-2-3-6-12/h12,15H,2-11H2,1H3. The summed E-state index contributed by atoms with van der Waals surface area (Å²) in [5.41, 5.74) is 0.177. The molecule has 0 radical (unpaired) electrons. The fourth-order valence-electron chi connectivity index (χ4n) is 3.27. The zero-order chi connectivity index (χ0) is 10.7. The van der Waals surface area contributed by atoms with Crippen LogP contribution in [0.1, 0.15) is 45.4 Å². The molecule has 1 heterocycles. The number of nitrogens with zero attached hydrogens (tertiary/aromatic N) is 1. The molecule has 0 spiro atoms. The lowest BCUT2D eigenvalue weighted by Crippen LogP contribution is -2.45. The molecule has 15 heavy (non-hydrogen) atoms. The predicted molar refractivity (Wildman–Crippen MR) is 62.8 cm³/mol. The maximum Gasteiger partial charge on any atom is 0.0497 e. The first-order valence-corrected chi connectivity index (χ1v) is 6.55. The number of hydrogen-bond acceptors (Lipinski definition) is 2. The molecule has 2 heteroatoms. The number of aliphatic hydroxyl groups excluding tert-OH is 1. The highest BCUT2D eigenvalue weighted by Crippen LogP contribution is 2.31. The zero-order valence-electron chi connectivity index (χ0n) is 10.0. The molecule has 2 nitrogen and oxygen atoms in total. The molecule has 1 saturated carbocycles. The van der Waals surface area contributed by atoms with Crippen LogP contribution >= 0.6 is 0 Å². The zero-order valence-corrected chi connectivity index (χ0v) is 10.0. The van der Waals surface area contributed by atoms with Gasteiger partial charge in [-0.15, -0.1) is 0 Å². The van der Waals surface area contributed by atoms with E-state index in [0.717, 1.165) is 12.5 Å². The first kappa shape index (κ1) is 11.4. The second-order valence-electron chi connectivity index (χ2n) is 5.96. The maximum absolute atomic E-state index is 9.40. The number of hydrogen-bond donors (Lipinski definition) is 1. The maximum atomic E-state index is 9.40. The Balaban J connectivity index is 1.81. The van der Waals surface area contributed by atoms with Gasteiger partial charge in [-0.3, -0.25) is 0 Å². The van der Waals surface area contributed by atoms with Crippen molar-refractivity contribution in [1.82, 2.24) is 4.90 Å². The van der Waals surface area contributed by atoms with E-state index >= 15 is 0 Å². The van der Waals surface area contributed by atoms with Crippen LogP contribution in [0.5, 0.6) is 0 Å². The summed E-state index contributed by atoms with van der Waals surface area (Å²) in [6.45, 7) is 6.24. The Labute approximate surface area is 93.7 Å². The van der Waals surface area contributed by atoms with E-state index in [1.165, 1.54) is 51.6 Å². The van der Waals surface area contributed by atoms with Crippen molar-refractivity contribution in [2.24, 2.45) is 11.3 Å². The molecular weight excluding hydrogens is 186 g/mol. The largest absolute Gasteiger partial charge is 0.396 e. The van der Waals surface area contributed by atoms with E-state index in [2.05, 4.69) is 11.8 Å². The number of aliphatic hydroxyl groups is 1. The highest BCUT2D eigenvalue weighted by Gasteiger charge is 2.31. The molecule has 2 aliphatic rings. The van der Waals surface area contributed by atoms with Gasteiger partial charge >= 0.3 is 0 Å². The summed E-state index contributed by atoms with van der Waals surface area (Å²) in [5, 5.41) is 9.40. The summed E-state index contributed by atoms with van der Waals surface area (Å²) >= 11 is 0. The third kappa shape index (κ3) is 2.94. The van der Waals surface area contributed by atoms with E-state index in [-0.39, 0.29) is 5.41 Å². The highest BCUT2D eigenvalue weighted by atomic mass is 16.3. The molecule has 0 aromatic carbocycles. The molecule has 0 amide bonds. The molecule has 1 saturated heterocycles. The average Bonchev–Trinajstić information content (AvgIpc) is 2.71. The summed E-state index contributed by atoms with van der Waals surface area (Å²) in [4.78, 5) is 2.59. The summed E-state index contributed by atoms with van der Waals surface area (Å²) < 4.78 is 0. The highest BCUT2D eigenvalue weighted by molar-refractivity contribution is 4.84. The fourth-order valence-corrected chi connectivity index (χ4v) is 3.27. The van der Waals surface area contributed by atoms with Crippen molar-refractivity contribution < 1.29 is 5.11 Å². The van der Waals surface area contributed by atoms with Crippen molar-refractivity contribution in [3.8, 4) is 0 Å². The van der Waals surface area contributed by atoms with E-state index in [1.807, 2.05) is 0 Å². The van der Waals surface area contributed by atoms with Crippen LogP contribution < -0.4 is 0 Å². The predicted octanol–water partition coefficient (Wildman–Crippen LogP) is 2.27. The molecular formula is C13H25NO. The van der Waals surface area contributed by atoms with Crippen LogP contribution in [-0.4, -0.2) is 36.2 Å². The van der Waals surface area contributed by atoms with E-state index in [0.29, 0.717) is 6.61 Å². The third-order valence-electron chi connectivity index (χ3n) is 4.23. The van der Waals surface area contributed by atoms with Crippen molar-refractivity contribution in [3.05, 3.63) is 0 Å². The van der Waals surface area contributed by atoms with E-state index in [4.69, 9.17) is 0 Å². The normalized spacial score (nSPS) is 34.8. The molecule has 1 unspecified atom stereocenters. The first-order valence-electron chi connectivity index (χ1n) is 6.55. The van der Waals surface area contributed by atoms with Gasteiger partial charge in [0.15, 0.2) is 0 Å². The van der Waals surface area contributed by atoms with Gasteiger partial charge in [0.05, 0.1) is 0 Å². The van der Waals surface area contributed by atoms with Crippen LogP contribution in [0.3, 0.4) is 0 Å². The van der Waals surface area contributed by atoms with Gasteiger partial charge in [0.2, 0.25) is 0 Å². The summed E-state index contributed by atoms with van der Waals surface area (Å²) in [7, 11) is 0. The van der Waals surface area contributed by atoms with Gasteiger partial charge < -0.3 is 10.0 Å². The Hall–Kier alpha value is -0.0800. The quantitative estimate of drug-likeness (QED) is 0.774. The second-order valence-corrected chi connectivity index (χ2v) is 5.96. The van der Waals surface area contributed by atoms with Crippen LogP contribution in [0.15, 0.2) is 0 Å². The lowest BCUT2D eigenvalue weighted by molar-refractivity contribution is 0.0395. The number of rotatable bonds is 3. The van der Waals surface area contributed by atoms with E-state index in [9.17, 15) is 5.11 Å². The van der Waals surface area contributed by atoms with E-state index < -0.39 is 0 Å². The van der Waals surface area contributed by atoms with Crippen molar-refractivity contribution in [2.45, 2.75) is 45.4 Å². The fraction of sp³-hybridized carbons (Fsp3) is 1.00. The van der Waals surface area contributed by atoms with Crippen molar-refractivity contribution in [3.63, 3.8) is 0 Å². The van der Waals surface area contributed by atoms with Gasteiger partial charge in [-0.05, 0) is 38.1 Å². The van der Waals surface area contributed by atoms with Gasteiger partial charge in [0, 0.05) is 25.1 Å². The molecule has 1 aliphatic carbocycles. The smallest absolute Gasteiger partial charge is 0.0497 e. The van der Waals surface area contributed by atoms with Gasteiger partial charge in [-0.25, -0.2) is 0 Å². The molecule has 1 atom stereocenters. The first-order chi connectivity index (χ1) is 7.22. The molecule has 88 valence electrons. The van der Waals surface area contributed by atoms with Gasteiger partial charge in [-0.2, -0.15) is 0 Å². The van der Waals surface area contributed by atoms with Crippen LogP contribution in [0.25, 0.3) is 0 Å². The molecule has 0 aromatic heterocycles. The molecule has 2 rings (SSSR count). The Morgan fingerprint density at radius 3 is 2.67 bits per heavy atom. The second kappa shape index (κ2) is 4.84. The van der Waals surface area contributed by atoms with Crippen molar-refractivity contribution in [2.75, 3.05) is 26.2 Å². The SMILES string of the molecule is CC1(CO)CCCN(CC2CCCC2)C1. The van der Waals surface area contributed by atoms with Gasteiger partial charge in [0.1, 0.15) is 0 Å². The Morgan fingerprint density at radius 1 is 1.27 bits per heavy atom. The molecule has 1 N–H and O–H groups in total. The average molecular weight is 211 g/mol. The Kier molecular flexibility index (Phi) is 3.68. The minimum atomic E-state index is 0.177. The van der Waals surface area contributed by atoms with Crippen molar-refractivity contribution in [1.29, 1.82) is 0 Å². The Morgan fingerprint density at radius 2 is 2.00 bits per heavy atom. The lowest BCUT2D eigenvalue weighted by atomic mass is 9.82. The summed E-state index contributed by atoms with van der Waals surface area (Å²) in [5.74, 6) is 0.950. The van der Waals surface area contributed by atoms with Crippen LogP contribution in [0.4, 0.5) is 0 Å². The lowest BCUT2D eigenvalue weighted by Gasteiger charge is -2.40. The number of piperidine rings is 1. The van der Waals surface area contributed by atoms with Crippen LogP contribution in [-0.2, 0) is 0 Å². The van der Waals surface area contributed by atoms with E-state index in [1.54, 1.807) is 0 Å². The monoisotopic (exact) mass is 211 g/mol. The molecule has 2 fully saturated rings. The van der Waals surface area contributed by atoms with Gasteiger partial charge in [-0.1, -0.05) is 19.8 Å². The minimum absolute atomic E-state index is 0.177. The summed E-state index contributed by atoms with van der Waals surface area (Å²) in [6, 6.07) is 0. The third-order valence-corrected chi connectivity index (χ3v) is 4.23. The summed E-state index contributed by atoms with van der Waals surface area (Å²) in [6.07, 6.45) is 8.22. The molecule has 0 bridgehead atoms. The van der Waals surface area contributed by atoms with Crippen LogP contribution in [0.2, 0.25) is 0 Å².